The molecule has 3 aliphatic rings. The van der Waals surface area contributed by atoms with Crippen molar-refractivity contribution in [3.05, 3.63) is 65.0 Å². The number of rotatable bonds is 12. The van der Waals surface area contributed by atoms with E-state index in [1.807, 2.05) is 49.4 Å². The van der Waals surface area contributed by atoms with Gasteiger partial charge in [0.15, 0.2) is 18.3 Å². The first kappa shape index (κ1) is 26.2. The van der Waals surface area contributed by atoms with Gasteiger partial charge in [-0.25, -0.2) is 9.97 Å². The Morgan fingerprint density at radius 3 is 2.75 bits per heavy atom. The van der Waals surface area contributed by atoms with E-state index in [2.05, 4.69) is 40.9 Å². The average molecular weight is 543 g/mol. The van der Waals surface area contributed by atoms with Crippen molar-refractivity contribution in [3.8, 4) is 11.4 Å². The number of hydrazone groups is 1. The summed E-state index contributed by atoms with van der Waals surface area (Å²) in [5, 5.41) is 20.2. The molecule has 40 heavy (non-hydrogen) atoms. The van der Waals surface area contributed by atoms with Gasteiger partial charge in [0.25, 0.3) is 0 Å². The van der Waals surface area contributed by atoms with Crippen LogP contribution in [0.15, 0.2) is 53.3 Å². The van der Waals surface area contributed by atoms with Crippen LogP contribution in [0.4, 0.5) is 22.9 Å². The molecule has 2 fully saturated rings. The van der Waals surface area contributed by atoms with Gasteiger partial charge in [-0.05, 0) is 61.7 Å². The van der Waals surface area contributed by atoms with Crippen molar-refractivity contribution >= 4 is 35.7 Å². The van der Waals surface area contributed by atoms with Crippen LogP contribution in [-0.2, 0) is 20.6 Å². The van der Waals surface area contributed by atoms with Crippen LogP contribution < -0.4 is 16.1 Å². The minimum Gasteiger partial charge on any atom is -0.495 e. The summed E-state index contributed by atoms with van der Waals surface area (Å²) in [6, 6.07) is 14.1. The number of aliphatic hydroxyl groups excluding tert-OH is 1. The third-order valence-electron chi connectivity index (χ3n) is 7.20. The second-order valence-electron chi connectivity index (χ2n) is 10.3. The van der Waals surface area contributed by atoms with Gasteiger partial charge in [0, 0.05) is 35.6 Å². The number of ether oxygens (including phenoxy) is 3. The van der Waals surface area contributed by atoms with E-state index < -0.39 is 6.29 Å². The lowest BCUT2D eigenvalue weighted by atomic mass is 10.0. The number of aliphatic hydroxyl groups is 1. The van der Waals surface area contributed by atoms with Gasteiger partial charge in [-0.15, -0.1) is 0 Å². The molecule has 3 heterocycles. The van der Waals surface area contributed by atoms with Crippen LogP contribution in [-0.4, -0.2) is 53.1 Å². The zero-order chi connectivity index (χ0) is 27.6. The second kappa shape index (κ2) is 11.2. The molecule has 0 bridgehead atoms. The summed E-state index contributed by atoms with van der Waals surface area (Å²) in [4.78, 5) is 9.96. The summed E-state index contributed by atoms with van der Waals surface area (Å²) in [5.74, 6) is 2.15. The standard InChI is InChI=1S/C30H34N6O4/c1-4-6-25-29(39-25)33-19-8-5-7-18(14-19)27-34-24-12-10-21(38-16-26-30(37)40-26)15-22(24)28(35-27)32-20-9-11-23(36-31-3)17(2)13-20/h5,7-9,11,13-15,25-26,29-30,33,36-37H,3-4,6,10,12,16H2,1-2H3,(H,32,34,35). The Labute approximate surface area is 233 Å². The first-order chi connectivity index (χ1) is 19.5. The summed E-state index contributed by atoms with van der Waals surface area (Å²) in [7, 11) is 0. The topological polar surface area (TPSA) is 129 Å². The molecule has 4 N–H and O–H groups in total. The molecule has 2 aliphatic heterocycles. The van der Waals surface area contributed by atoms with E-state index >= 15 is 0 Å². The number of fused-ring (bicyclic) bond motifs is 1. The Hall–Kier alpha value is -3.99. The van der Waals surface area contributed by atoms with Crippen LogP contribution in [0.5, 0.6) is 0 Å². The van der Waals surface area contributed by atoms with Gasteiger partial charge in [0.05, 0.1) is 17.1 Å². The molecule has 10 heteroatoms. The molecular formula is C30H34N6O4. The van der Waals surface area contributed by atoms with Crippen LogP contribution in [0.25, 0.3) is 17.5 Å². The van der Waals surface area contributed by atoms with E-state index in [9.17, 15) is 5.11 Å². The number of epoxide rings is 2. The Kier molecular flexibility index (Phi) is 7.38. The molecule has 0 spiro atoms. The number of nitrogens with zero attached hydrogens (tertiary/aromatic N) is 3. The van der Waals surface area contributed by atoms with E-state index in [-0.39, 0.29) is 18.4 Å². The minimum absolute atomic E-state index is 0.0552. The third-order valence-corrected chi connectivity index (χ3v) is 7.20. The number of nitrogens with one attached hydrogen (secondary N) is 3. The highest BCUT2D eigenvalue weighted by Gasteiger charge is 2.38. The lowest BCUT2D eigenvalue weighted by molar-refractivity contribution is 0.153. The predicted octanol–water partition coefficient (Wildman–Crippen LogP) is 5.18. The number of hydrogen-bond acceptors (Lipinski definition) is 10. The largest absolute Gasteiger partial charge is 0.495 e. The molecule has 3 aromatic rings. The smallest absolute Gasteiger partial charge is 0.185 e. The highest BCUT2D eigenvalue weighted by Crippen LogP contribution is 2.35. The molecule has 0 saturated carbocycles. The van der Waals surface area contributed by atoms with Gasteiger partial charge in [-0.2, -0.15) is 5.10 Å². The molecule has 0 radical (unpaired) electrons. The number of anilines is 4. The van der Waals surface area contributed by atoms with E-state index in [0.29, 0.717) is 31.1 Å². The fraction of sp³-hybridized carbons (Fsp3) is 0.367. The van der Waals surface area contributed by atoms with Gasteiger partial charge < -0.3 is 30.0 Å². The normalized spacial score (nSPS) is 22.5. The van der Waals surface area contributed by atoms with Crippen molar-refractivity contribution in [3.63, 3.8) is 0 Å². The molecule has 10 nitrogen and oxygen atoms in total. The zero-order valence-corrected chi connectivity index (χ0v) is 22.7. The van der Waals surface area contributed by atoms with Crippen LogP contribution in [0, 0.1) is 6.92 Å². The van der Waals surface area contributed by atoms with Gasteiger partial charge in [-0.1, -0.05) is 25.5 Å². The fourth-order valence-corrected chi connectivity index (χ4v) is 4.89. The van der Waals surface area contributed by atoms with Crippen LogP contribution in [0.1, 0.15) is 43.0 Å². The number of hydrogen-bond donors (Lipinski definition) is 4. The molecule has 4 atom stereocenters. The van der Waals surface area contributed by atoms with Gasteiger partial charge in [0.1, 0.15) is 24.6 Å². The second-order valence-corrected chi connectivity index (χ2v) is 10.3. The number of benzene rings is 2. The van der Waals surface area contributed by atoms with Crippen molar-refractivity contribution in [1.82, 2.24) is 9.97 Å². The van der Waals surface area contributed by atoms with Gasteiger partial charge in [-0.3, -0.25) is 5.43 Å². The van der Waals surface area contributed by atoms with Gasteiger partial charge >= 0.3 is 0 Å². The van der Waals surface area contributed by atoms with Crippen molar-refractivity contribution in [2.75, 3.05) is 22.7 Å². The highest BCUT2D eigenvalue weighted by molar-refractivity contribution is 5.76. The molecule has 1 aliphatic carbocycles. The van der Waals surface area contributed by atoms with Crippen molar-refractivity contribution in [2.45, 2.75) is 64.3 Å². The third kappa shape index (κ3) is 5.94. The Morgan fingerprint density at radius 2 is 1.98 bits per heavy atom. The predicted molar refractivity (Wildman–Crippen MR) is 155 cm³/mol. The fourth-order valence-electron chi connectivity index (χ4n) is 4.89. The lowest BCUT2D eigenvalue weighted by Gasteiger charge is -2.21. The number of allylic oxidation sites excluding steroid dienone is 1. The molecule has 6 rings (SSSR count). The summed E-state index contributed by atoms with van der Waals surface area (Å²) in [6.45, 7) is 8.00. The summed E-state index contributed by atoms with van der Waals surface area (Å²) in [6.07, 6.45) is 4.88. The summed E-state index contributed by atoms with van der Waals surface area (Å²) < 4.78 is 16.8. The maximum absolute atomic E-state index is 9.47. The van der Waals surface area contributed by atoms with E-state index in [4.69, 9.17) is 24.2 Å². The maximum atomic E-state index is 9.47. The number of aryl methyl sites for hydroxylation is 2. The van der Waals surface area contributed by atoms with Crippen LogP contribution >= 0.6 is 0 Å². The van der Waals surface area contributed by atoms with Crippen LogP contribution in [0.2, 0.25) is 0 Å². The van der Waals surface area contributed by atoms with E-state index in [1.165, 1.54) is 0 Å². The highest BCUT2D eigenvalue weighted by atomic mass is 16.7. The quantitative estimate of drug-likeness (QED) is 0.139. The molecule has 4 unspecified atom stereocenters. The van der Waals surface area contributed by atoms with E-state index in [1.54, 1.807) is 0 Å². The maximum Gasteiger partial charge on any atom is 0.185 e. The van der Waals surface area contributed by atoms with Crippen molar-refractivity contribution < 1.29 is 19.3 Å². The summed E-state index contributed by atoms with van der Waals surface area (Å²) in [5.41, 5.74) is 9.43. The number of aromatic nitrogens is 2. The van der Waals surface area contributed by atoms with Gasteiger partial charge in [0.2, 0.25) is 0 Å². The summed E-state index contributed by atoms with van der Waals surface area (Å²) >= 11 is 0. The van der Waals surface area contributed by atoms with Crippen molar-refractivity contribution in [1.29, 1.82) is 0 Å². The molecule has 2 aromatic carbocycles. The molecule has 208 valence electrons. The Morgan fingerprint density at radius 1 is 1.10 bits per heavy atom. The first-order valence-electron chi connectivity index (χ1n) is 13.7. The molecule has 0 amide bonds. The average Bonchev–Trinajstić information content (AvgIpc) is 3.87. The zero-order valence-electron chi connectivity index (χ0n) is 22.7. The van der Waals surface area contributed by atoms with Crippen LogP contribution in [0.3, 0.4) is 0 Å². The molecular weight excluding hydrogens is 508 g/mol. The first-order valence-corrected chi connectivity index (χ1v) is 13.7. The SMILES string of the molecule is C=NNc1ccc(Nc2nc(-c3cccc(NC4OC4CCC)c3)nc3c2C=C(OCC2OC2O)CC3)cc1C. The minimum atomic E-state index is -0.731. The Bertz CT molecular complexity index is 1440. The van der Waals surface area contributed by atoms with Crippen molar-refractivity contribution in [2.24, 2.45) is 5.10 Å². The Balaban J connectivity index is 1.30. The van der Waals surface area contributed by atoms with E-state index in [0.717, 1.165) is 58.0 Å². The monoisotopic (exact) mass is 542 g/mol. The molecule has 1 aromatic heterocycles. The lowest BCUT2D eigenvalue weighted by Crippen LogP contribution is -2.12. The molecule has 2 saturated heterocycles.